The highest BCUT2D eigenvalue weighted by molar-refractivity contribution is 6.00. The lowest BCUT2D eigenvalue weighted by molar-refractivity contribution is -0.135. The van der Waals surface area contributed by atoms with Gasteiger partial charge in [-0.2, -0.15) is 20.1 Å². The predicted octanol–water partition coefficient (Wildman–Crippen LogP) is 4.24. The van der Waals surface area contributed by atoms with Gasteiger partial charge in [0.1, 0.15) is 5.82 Å². The number of carboxylic acids is 2. The van der Waals surface area contributed by atoms with Crippen LogP contribution in [0.25, 0.3) is 10.9 Å². The standard InChI is InChI=1S/C21H21FN8.2C2H4O2/c1-13-17(16-6-4-5-7-18(16)24-13)12-23-29-20-26-19(27-21(28-20)30(2)3)25-15-10-8-14(22)9-11-15;2*1-2(3)4/h4-12,24H,1-3H3,(H2,25,26,27,28,29);2*1H3,(H,3,4)/b23-12+;;. The van der Waals surface area contributed by atoms with Crippen LogP contribution in [-0.2, 0) is 9.59 Å². The average molecular weight is 525 g/mol. The Labute approximate surface area is 218 Å². The van der Waals surface area contributed by atoms with Crippen LogP contribution in [-0.4, -0.2) is 62.4 Å². The summed E-state index contributed by atoms with van der Waals surface area (Å²) in [6, 6.07) is 14.0. The minimum Gasteiger partial charge on any atom is -0.481 e. The number of H-pyrrole nitrogens is 1. The highest BCUT2D eigenvalue weighted by Gasteiger charge is 2.09. The number of para-hydroxylation sites is 1. The number of fused-ring (bicyclic) bond motifs is 1. The fraction of sp³-hybridized carbons (Fsp3) is 0.200. The number of nitrogens with one attached hydrogen (secondary N) is 3. The molecule has 2 aromatic carbocycles. The van der Waals surface area contributed by atoms with Crippen LogP contribution in [0.5, 0.6) is 0 Å². The molecule has 0 saturated carbocycles. The maximum absolute atomic E-state index is 13.1. The molecule has 0 saturated heterocycles. The number of halogens is 1. The quantitative estimate of drug-likeness (QED) is 0.182. The van der Waals surface area contributed by atoms with Gasteiger partial charge in [0.25, 0.3) is 11.9 Å². The van der Waals surface area contributed by atoms with Crippen molar-refractivity contribution in [3.05, 3.63) is 65.6 Å². The number of benzene rings is 2. The first-order valence-electron chi connectivity index (χ1n) is 11.2. The Morgan fingerprint density at radius 1 is 0.974 bits per heavy atom. The zero-order valence-electron chi connectivity index (χ0n) is 21.5. The van der Waals surface area contributed by atoms with Gasteiger partial charge in [-0.15, -0.1) is 0 Å². The van der Waals surface area contributed by atoms with Gasteiger partial charge in [0, 0.05) is 55.8 Å². The molecular formula is C25H29FN8O4. The summed E-state index contributed by atoms with van der Waals surface area (Å²) >= 11 is 0. The lowest BCUT2D eigenvalue weighted by atomic mass is 10.1. The number of rotatable bonds is 6. The van der Waals surface area contributed by atoms with Crippen molar-refractivity contribution in [2.24, 2.45) is 5.10 Å². The minimum absolute atomic E-state index is 0.284. The number of hydrazone groups is 1. The summed E-state index contributed by atoms with van der Waals surface area (Å²) in [7, 11) is 3.67. The second-order valence-corrected chi connectivity index (χ2v) is 7.93. The number of anilines is 4. The molecule has 0 aliphatic carbocycles. The molecule has 0 bridgehead atoms. The maximum Gasteiger partial charge on any atom is 0.300 e. The van der Waals surface area contributed by atoms with Crippen molar-refractivity contribution in [2.45, 2.75) is 20.8 Å². The van der Waals surface area contributed by atoms with E-state index in [1.807, 2.05) is 45.3 Å². The molecule has 2 heterocycles. The molecule has 0 aliphatic heterocycles. The third-order valence-corrected chi connectivity index (χ3v) is 4.43. The van der Waals surface area contributed by atoms with Gasteiger partial charge in [-0.25, -0.2) is 9.82 Å². The molecule has 0 unspecified atom stereocenters. The summed E-state index contributed by atoms with van der Waals surface area (Å²) < 4.78 is 13.1. The molecule has 2 aromatic heterocycles. The van der Waals surface area contributed by atoms with E-state index < -0.39 is 11.9 Å². The largest absolute Gasteiger partial charge is 0.481 e. The lowest BCUT2D eigenvalue weighted by Gasteiger charge is -2.13. The van der Waals surface area contributed by atoms with Gasteiger partial charge in [0.2, 0.25) is 17.8 Å². The first-order chi connectivity index (χ1) is 18.0. The van der Waals surface area contributed by atoms with Gasteiger partial charge in [-0.1, -0.05) is 18.2 Å². The molecule has 4 aromatic rings. The van der Waals surface area contributed by atoms with Crippen LogP contribution in [0.2, 0.25) is 0 Å². The van der Waals surface area contributed by atoms with E-state index in [4.69, 9.17) is 19.8 Å². The van der Waals surface area contributed by atoms with Crippen LogP contribution in [0.15, 0.2) is 53.6 Å². The number of aryl methyl sites for hydroxylation is 1. The van der Waals surface area contributed by atoms with E-state index in [0.717, 1.165) is 36.0 Å². The number of aromatic nitrogens is 4. The van der Waals surface area contributed by atoms with Crippen molar-refractivity contribution in [3.8, 4) is 0 Å². The van der Waals surface area contributed by atoms with E-state index in [9.17, 15) is 4.39 Å². The highest BCUT2D eigenvalue weighted by Crippen LogP contribution is 2.20. The van der Waals surface area contributed by atoms with E-state index in [2.05, 4.69) is 35.8 Å². The molecule has 0 spiro atoms. The summed E-state index contributed by atoms with van der Waals surface area (Å²) in [5.74, 6) is -0.918. The Morgan fingerprint density at radius 2 is 1.55 bits per heavy atom. The van der Waals surface area contributed by atoms with Crippen molar-refractivity contribution >= 4 is 52.6 Å². The number of carboxylic acid groups (broad SMARTS) is 2. The van der Waals surface area contributed by atoms with Gasteiger partial charge in [0.15, 0.2) is 0 Å². The predicted molar refractivity (Wildman–Crippen MR) is 145 cm³/mol. The van der Waals surface area contributed by atoms with E-state index in [1.54, 1.807) is 23.2 Å². The Kier molecular flexibility index (Phi) is 10.6. The topological polar surface area (TPSA) is 169 Å². The zero-order chi connectivity index (χ0) is 28.2. The molecular weight excluding hydrogens is 495 g/mol. The van der Waals surface area contributed by atoms with Crippen molar-refractivity contribution in [3.63, 3.8) is 0 Å². The number of nitrogens with zero attached hydrogens (tertiary/aromatic N) is 5. The van der Waals surface area contributed by atoms with E-state index in [-0.39, 0.29) is 11.8 Å². The van der Waals surface area contributed by atoms with Gasteiger partial charge in [-0.05, 0) is 37.3 Å². The zero-order valence-corrected chi connectivity index (χ0v) is 21.5. The number of aliphatic carboxylic acids is 2. The second-order valence-electron chi connectivity index (χ2n) is 7.93. The Morgan fingerprint density at radius 3 is 2.16 bits per heavy atom. The number of hydrogen-bond donors (Lipinski definition) is 5. The van der Waals surface area contributed by atoms with Crippen LogP contribution in [0.4, 0.5) is 27.9 Å². The van der Waals surface area contributed by atoms with E-state index >= 15 is 0 Å². The summed E-state index contributed by atoms with van der Waals surface area (Å²) in [6.45, 7) is 4.17. The highest BCUT2D eigenvalue weighted by atomic mass is 19.1. The molecule has 5 N–H and O–H groups in total. The smallest absolute Gasteiger partial charge is 0.300 e. The van der Waals surface area contributed by atoms with Gasteiger partial charge < -0.3 is 25.4 Å². The van der Waals surface area contributed by atoms with E-state index in [0.29, 0.717) is 17.6 Å². The monoisotopic (exact) mass is 524 g/mol. The molecule has 0 fully saturated rings. The van der Waals surface area contributed by atoms with E-state index in [1.165, 1.54) is 12.1 Å². The molecule has 12 nitrogen and oxygen atoms in total. The van der Waals surface area contributed by atoms with Crippen LogP contribution < -0.4 is 15.6 Å². The van der Waals surface area contributed by atoms with Gasteiger partial charge in [-0.3, -0.25) is 9.59 Å². The number of hydrogen-bond acceptors (Lipinski definition) is 9. The normalized spacial score (nSPS) is 10.2. The molecule has 38 heavy (non-hydrogen) atoms. The van der Waals surface area contributed by atoms with Crippen molar-refractivity contribution in [1.29, 1.82) is 0 Å². The Hall–Kier alpha value is -5.07. The fourth-order valence-corrected chi connectivity index (χ4v) is 2.95. The van der Waals surface area contributed by atoms with Crippen LogP contribution >= 0.6 is 0 Å². The molecule has 4 rings (SSSR count). The molecule has 0 atom stereocenters. The first kappa shape index (κ1) is 29.2. The van der Waals surface area contributed by atoms with Gasteiger partial charge in [0.05, 0.1) is 6.21 Å². The van der Waals surface area contributed by atoms with Crippen LogP contribution in [0.1, 0.15) is 25.1 Å². The SMILES string of the molecule is CC(=O)O.CC(=O)O.Cc1[nH]c2ccccc2c1/C=N/Nc1nc(Nc2ccc(F)cc2)nc(N(C)C)n1. The minimum atomic E-state index is -0.833. The van der Waals surface area contributed by atoms with Crippen molar-refractivity contribution < 1.29 is 24.2 Å². The first-order valence-corrected chi connectivity index (χ1v) is 11.2. The summed E-state index contributed by atoms with van der Waals surface area (Å²) in [5.41, 5.74) is 6.60. The van der Waals surface area contributed by atoms with Crippen LogP contribution in [0, 0.1) is 12.7 Å². The summed E-state index contributed by atoms with van der Waals surface area (Å²) in [6.07, 6.45) is 1.74. The average Bonchev–Trinajstić information content (AvgIpc) is 3.15. The molecule has 0 aliphatic rings. The molecule has 0 amide bonds. The molecule has 13 heteroatoms. The van der Waals surface area contributed by atoms with Gasteiger partial charge >= 0.3 is 0 Å². The van der Waals surface area contributed by atoms with Crippen molar-refractivity contribution in [2.75, 3.05) is 29.7 Å². The summed E-state index contributed by atoms with van der Waals surface area (Å²) in [5, 5.41) is 23.3. The fourth-order valence-electron chi connectivity index (χ4n) is 2.95. The molecule has 200 valence electrons. The third kappa shape index (κ3) is 9.53. The second kappa shape index (κ2) is 13.9. The third-order valence-electron chi connectivity index (χ3n) is 4.43. The van der Waals surface area contributed by atoms with Crippen molar-refractivity contribution in [1.82, 2.24) is 19.9 Å². The lowest BCUT2D eigenvalue weighted by Crippen LogP contribution is -2.15. The Balaban J connectivity index is 0.000000559. The number of aromatic amines is 1. The van der Waals surface area contributed by atoms with Crippen LogP contribution in [0.3, 0.4) is 0 Å². The molecule has 0 radical (unpaired) electrons. The number of carbonyl (C=O) groups is 2. The summed E-state index contributed by atoms with van der Waals surface area (Å²) in [4.78, 5) is 36.2. The Bertz CT molecular complexity index is 1380. The maximum atomic E-state index is 13.1.